The monoisotopic (exact) mass is 202 g/mol. The van der Waals surface area contributed by atoms with Crippen molar-refractivity contribution < 1.29 is 13.2 Å². The third-order valence-electron chi connectivity index (χ3n) is 1.62. The molecule has 1 aromatic rings. The van der Waals surface area contributed by atoms with Gasteiger partial charge in [0.2, 0.25) is 0 Å². The number of aromatic nitrogens is 2. The standard InChI is InChI=1S/C7H10N2O3S/c1-6(5-10)9-4-7(3-8-9)13(2,11)12/h3-6H,1-2H3. The van der Waals surface area contributed by atoms with Crippen molar-refractivity contribution in [2.24, 2.45) is 0 Å². The van der Waals surface area contributed by atoms with Crippen LogP contribution in [0.3, 0.4) is 0 Å². The van der Waals surface area contributed by atoms with Gasteiger partial charge in [-0.3, -0.25) is 4.68 Å². The summed E-state index contributed by atoms with van der Waals surface area (Å²) in [4.78, 5) is 10.5. The summed E-state index contributed by atoms with van der Waals surface area (Å²) in [7, 11) is -3.22. The van der Waals surface area contributed by atoms with Gasteiger partial charge < -0.3 is 4.79 Å². The number of rotatable bonds is 3. The second-order valence-electron chi connectivity index (χ2n) is 2.80. The summed E-state index contributed by atoms with van der Waals surface area (Å²) in [5.41, 5.74) is 0. The van der Waals surface area contributed by atoms with E-state index in [9.17, 15) is 13.2 Å². The Bertz CT molecular complexity index is 407. The molecule has 1 unspecified atom stereocenters. The van der Waals surface area contributed by atoms with Gasteiger partial charge in [-0.15, -0.1) is 0 Å². The maximum absolute atomic E-state index is 11.0. The average Bonchev–Trinajstić information content (AvgIpc) is 2.50. The zero-order valence-corrected chi connectivity index (χ0v) is 8.15. The fourth-order valence-corrected chi connectivity index (χ4v) is 1.34. The first-order valence-electron chi connectivity index (χ1n) is 3.64. The van der Waals surface area contributed by atoms with Gasteiger partial charge in [0.25, 0.3) is 0 Å². The van der Waals surface area contributed by atoms with E-state index in [2.05, 4.69) is 5.10 Å². The topological polar surface area (TPSA) is 69.0 Å². The quantitative estimate of drug-likeness (QED) is 0.649. The molecule has 6 heteroatoms. The normalized spacial score (nSPS) is 14.0. The van der Waals surface area contributed by atoms with E-state index in [4.69, 9.17) is 0 Å². The smallest absolute Gasteiger partial charge is 0.178 e. The molecule has 0 saturated heterocycles. The Labute approximate surface area is 76.3 Å². The highest BCUT2D eigenvalue weighted by molar-refractivity contribution is 7.90. The van der Waals surface area contributed by atoms with Gasteiger partial charge >= 0.3 is 0 Å². The van der Waals surface area contributed by atoms with E-state index < -0.39 is 15.9 Å². The number of carbonyl (C=O) groups is 1. The maximum Gasteiger partial charge on any atom is 0.178 e. The highest BCUT2D eigenvalue weighted by Crippen LogP contribution is 2.09. The predicted octanol–water partition coefficient (Wildman–Crippen LogP) is 0.0465. The van der Waals surface area contributed by atoms with Gasteiger partial charge in [-0.1, -0.05) is 0 Å². The number of hydrogen-bond donors (Lipinski definition) is 0. The van der Waals surface area contributed by atoms with Gasteiger partial charge in [-0.25, -0.2) is 8.42 Å². The van der Waals surface area contributed by atoms with Crippen LogP contribution in [0.4, 0.5) is 0 Å². The lowest BCUT2D eigenvalue weighted by molar-refractivity contribution is -0.110. The van der Waals surface area contributed by atoms with Gasteiger partial charge in [0.05, 0.1) is 6.20 Å². The highest BCUT2D eigenvalue weighted by Gasteiger charge is 2.11. The first-order valence-corrected chi connectivity index (χ1v) is 5.54. The Morgan fingerprint density at radius 2 is 2.23 bits per heavy atom. The number of sulfone groups is 1. The molecule has 0 amide bonds. The minimum Gasteiger partial charge on any atom is -0.301 e. The van der Waals surface area contributed by atoms with Gasteiger partial charge in [0, 0.05) is 12.5 Å². The molecule has 0 aliphatic heterocycles. The van der Waals surface area contributed by atoms with E-state index in [0.29, 0.717) is 6.29 Å². The molecule has 13 heavy (non-hydrogen) atoms. The minimum atomic E-state index is -3.22. The van der Waals surface area contributed by atoms with Crippen molar-refractivity contribution in [3.05, 3.63) is 12.4 Å². The molecule has 0 spiro atoms. The second-order valence-corrected chi connectivity index (χ2v) is 4.82. The summed E-state index contributed by atoms with van der Waals surface area (Å²) in [6.07, 6.45) is 4.36. The third kappa shape index (κ3) is 2.15. The molecule has 0 aliphatic carbocycles. The lowest BCUT2D eigenvalue weighted by Gasteiger charge is -2.01. The third-order valence-corrected chi connectivity index (χ3v) is 2.69. The fraction of sp³-hybridized carbons (Fsp3) is 0.429. The first kappa shape index (κ1) is 9.91. The van der Waals surface area contributed by atoms with Gasteiger partial charge in [0.1, 0.15) is 17.2 Å². The van der Waals surface area contributed by atoms with Crippen LogP contribution in [0.2, 0.25) is 0 Å². The Hall–Kier alpha value is -1.17. The number of hydrogen-bond acceptors (Lipinski definition) is 4. The van der Waals surface area contributed by atoms with Crippen molar-refractivity contribution in [3.8, 4) is 0 Å². The summed E-state index contributed by atoms with van der Waals surface area (Å²) in [6, 6.07) is -0.435. The Morgan fingerprint density at radius 3 is 2.62 bits per heavy atom. The molecule has 1 atom stereocenters. The zero-order chi connectivity index (χ0) is 10.1. The van der Waals surface area contributed by atoms with Crippen LogP contribution in [0.1, 0.15) is 13.0 Å². The van der Waals surface area contributed by atoms with Gasteiger partial charge in [-0.05, 0) is 6.92 Å². The fourth-order valence-electron chi connectivity index (χ4n) is 0.797. The van der Waals surface area contributed by atoms with Gasteiger partial charge in [-0.2, -0.15) is 5.10 Å². The minimum absolute atomic E-state index is 0.126. The van der Waals surface area contributed by atoms with Crippen LogP contribution in [0, 0.1) is 0 Å². The first-order chi connectivity index (χ1) is 5.95. The van der Waals surface area contributed by atoms with E-state index >= 15 is 0 Å². The average molecular weight is 202 g/mol. The van der Waals surface area contributed by atoms with Crippen molar-refractivity contribution >= 4 is 16.1 Å². The summed E-state index contributed by atoms with van der Waals surface area (Å²) >= 11 is 0. The molecular formula is C7H10N2O3S. The van der Waals surface area contributed by atoms with E-state index in [1.807, 2.05) is 0 Å². The molecule has 0 aromatic carbocycles. The van der Waals surface area contributed by atoms with Crippen LogP contribution in [0.15, 0.2) is 17.3 Å². The molecule has 0 N–H and O–H groups in total. The van der Waals surface area contributed by atoms with E-state index in [0.717, 1.165) is 6.26 Å². The van der Waals surface area contributed by atoms with Crippen molar-refractivity contribution in [2.45, 2.75) is 17.9 Å². The molecule has 0 fully saturated rings. The van der Waals surface area contributed by atoms with E-state index in [1.165, 1.54) is 17.1 Å². The molecule has 1 heterocycles. The van der Waals surface area contributed by atoms with Crippen LogP contribution < -0.4 is 0 Å². The van der Waals surface area contributed by atoms with Crippen molar-refractivity contribution in [1.82, 2.24) is 9.78 Å². The number of carbonyl (C=O) groups excluding carboxylic acids is 1. The molecule has 0 radical (unpaired) electrons. The summed E-state index contributed by atoms with van der Waals surface area (Å²) < 4.78 is 23.3. The molecule has 0 saturated carbocycles. The van der Waals surface area contributed by atoms with Crippen LogP contribution in [-0.2, 0) is 14.6 Å². The summed E-state index contributed by atoms with van der Waals surface area (Å²) in [6.45, 7) is 1.63. The summed E-state index contributed by atoms with van der Waals surface area (Å²) in [5.74, 6) is 0. The molecule has 1 rings (SSSR count). The molecule has 0 bridgehead atoms. The number of nitrogens with zero attached hydrogens (tertiary/aromatic N) is 2. The lowest BCUT2D eigenvalue weighted by Crippen LogP contribution is -2.06. The van der Waals surface area contributed by atoms with Crippen LogP contribution in [0.5, 0.6) is 0 Å². The highest BCUT2D eigenvalue weighted by atomic mass is 32.2. The van der Waals surface area contributed by atoms with Crippen LogP contribution >= 0.6 is 0 Å². The van der Waals surface area contributed by atoms with Gasteiger partial charge in [0.15, 0.2) is 9.84 Å². The number of aldehydes is 1. The Kier molecular flexibility index (Phi) is 2.51. The molecular weight excluding hydrogens is 192 g/mol. The SMILES string of the molecule is CC(C=O)n1cc(S(C)(=O)=O)cn1. The van der Waals surface area contributed by atoms with Crippen molar-refractivity contribution in [1.29, 1.82) is 0 Å². The van der Waals surface area contributed by atoms with Crippen LogP contribution in [0.25, 0.3) is 0 Å². The predicted molar refractivity (Wildman–Crippen MR) is 46.1 cm³/mol. The lowest BCUT2D eigenvalue weighted by atomic mass is 10.4. The second kappa shape index (κ2) is 3.29. The molecule has 5 nitrogen and oxygen atoms in total. The molecule has 1 aromatic heterocycles. The van der Waals surface area contributed by atoms with Crippen molar-refractivity contribution in [2.75, 3.05) is 6.26 Å². The van der Waals surface area contributed by atoms with Crippen molar-refractivity contribution in [3.63, 3.8) is 0 Å². The van der Waals surface area contributed by atoms with Crippen LogP contribution in [-0.4, -0.2) is 30.7 Å². The molecule has 72 valence electrons. The summed E-state index contributed by atoms with van der Waals surface area (Å²) in [5, 5.41) is 3.76. The maximum atomic E-state index is 11.0. The van der Waals surface area contributed by atoms with E-state index in [1.54, 1.807) is 6.92 Å². The Balaban J connectivity index is 3.07. The largest absolute Gasteiger partial charge is 0.301 e. The Morgan fingerprint density at radius 1 is 1.62 bits per heavy atom. The molecule has 0 aliphatic rings. The zero-order valence-electron chi connectivity index (χ0n) is 7.34. The van der Waals surface area contributed by atoms with E-state index in [-0.39, 0.29) is 4.90 Å².